The molecule has 1 aliphatic rings. The molecule has 3 aromatic rings. The van der Waals surface area contributed by atoms with Crippen LogP contribution in [0, 0.1) is 19.7 Å². The highest BCUT2D eigenvalue weighted by Crippen LogP contribution is 2.32. The zero-order valence-electron chi connectivity index (χ0n) is 16.3. The molecule has 152 valence electrons. The fraction of sp³-hybridized carbons (Fsp3) is 0.136. The van der Waals surface area contributed by atoms with E-state index in [1.165, 1.54) is 29.1 Å². The van der Waals surface area contributed by atoms with Gasteiger partial charge in [-0.15, -0.1) is 0 Å². The van der Waals surface area contributed by atoms with E-state index in [1.807, 2.05) is 26.0 Å². The second-order valence-corrected chi connectivity index (χ2v) is 7.11. The van der Waals surface area contributed by atoms with Crippen molar-refractivity contribution in [1.82, 2.24) is 9.78 Å². The molecular weight excluding hydrogens is 387 g/mol. The van der Waals surface area contributed by atoms with Crippen molar-refractivity contribution in [2.24, 2.45) is 0 Å². The van der Waals surface area contributed by atoms with Gasteiger partial charge in [-0.1, -0.05) is 18.2 Å². The Kier molecular flexibility index (Phi) is 4.83. The molecule has 1 aromatic heterocycles. The molecule has 0 saturated carbocycles. The molecule has 1 amide bonds. The summed E-state index contributed by atoms with van der Waals surface area (Å²) in [4.78, 5) is 24.5. The van der Waals surface area contributed by atoms with Gasteiger partial charge in [-0.05, 0) is 60.9 Å². The van der Waals surface area contributed by atoms with E-state index >= 15 is 0 Å². The van der Waals surface area contributed by atoms with Crippen LogP contribution in [0.3, 0.4) is 0 Å². The zero-order chi connectivity index (χ0) is 21.4. The van der Waals surface area contributed by atoms with Crippen molar-refractivity contribution in [3.63, 3.8) is 0 Å². The van der Waals surface area contributed by atoms with Gasteiger partial charge in [0.1, 0.15) is 22.9 Å². The number of amides is 1. The first-order valence-corrected chi connectivity index (χ1v) is 9.27. The summed E-state index contributed by atoms with van der Waals surface area (Å²) in [6, 6.07) is 10.7. The lowest BCUT2D eigenvalue weighted by molar-refractivity contribution is -0.132. The van der Waals surface area contributed by atoms with Gasteiger partial charge in [0.15, 0.2) is 0 Å². The number of aromatic nitrogens is 2. The maximum atomic E-state index is 13.3. The van der Waals surface area contributed by atoms with Crippen LogP contribution < -0.4 is 10.6 Å². The van der Waals surface area contributed by atoms with E-state index in [4.69, 9.17) is 0 Å². The quantitative estimate of drug-likeness (QED) is 0.611. The first kappa shape index (κ1) is 19.4. The Morgan fingerprint density at radius 2 is 1.87 bits per heavy atom. The minimum Gasteiger partial charge on any atom is -0.477 e. The molecule has 0 spiro atoms. The summed E-state index contributed by atoms with van der Waals surface area (Å²) in [5, 5.41) is 19.4. The number of nitrogens with zero attached hydrogens (tertiary/aromatic N) is 2. The molecule has 0 saturated heterocycles. The van der Waals surface area contributed by atoms with Gasteiger partial charge in [-0.25, -0.2) is 13.9 Å². The Hall–Kier alpha value is -3.94. The van der Waals surface area contributed by atoms with E-state index in [9.17, 15) is 19.1 Å². The summed E-state index contributed by atoms with van der Waals surface area (Å²) in [5.74, 6) is -1.73. The molecule has 2 heterocycles. The first-order chi connectivity index (χ1) is 14.3. The van der Waals surface area contributed by atoms with Crippen molar-refractivity contribution in [1.29, 1.82) is 0 Å². The predicted molar refractivity (Wildman–Crippen MR) is 110 cm³/mol. The van der Waals surface area contributed by atoms with Crippen LogP contribution >= 0.6 is 0 Å². The number of halogens is 1. The van der Waals surface area contributed by atoms with Gasteiger partial charge in [0.05, 0.1) is 12.2 Å². The van der Waals surface area contributed by atoms with Crippen LogP contribution in [-0.4, -0.2) is 26.8 Å². The number of hydrogen-bond acceptors (Lipinski definition) is 4. The highest BCUT2D eigenvalue weighted by Gasteiger charge is 2.29. The number of aliphatic carboxylic acids is 1. The molecule has 0 aliphatic carbocycles. The van der Waals surface area contributed by atoms with E-state index < -0.39 is 23.7 Å². The third-order valence-corrected chi connectivity index (χ3v) is 5.09. The summed E-state index contributed by atoms with van der Waals surface area (Å²) in [7, 11) is 0. The minimum atomic E-state index is -1.17. The maximum Gasteiger partial charge on any atom is 0.352 e. The number of aryl methyl sites for hydroxylation is 2. The molecule has 0 unspecified atom stereocenters. The zero-order valence-corrected chi connectivity index (χ0v) is 16.3. The second-order valence-electron chi connectivity index (χ2n) is 7.11. The number of benzene rings is 2. The lowest BCUT2D eigenvalue weighted by atomic mass is 10.0. The number of carbonyl (C=O) groups is 2. The van der Waals surface area contributed by atoms with Crippen molar-refractivity contribution < 1.29 is 19.1 Å². The number of anilines is 2. The van der Waals surface area contributed by atoms with Gasteiger partial charge in [-0.2, -0.15) is 5.10 Å². The van der Waals surface area contributed by atoms with Crippen molar-refractivity contribution in [3.05, 3.63) is 88.5 Å². The number of allylic oxidation sites excluding steroid dienone is 1. The summed E-state index contributed by atoms with van der Waals surface area (Å²) >= 11 is 0. The number of nitrogens with one attached hydrogen (secondary N) is 2. The van der Waals surface area contributed by atoms with Gasteiger partial charge in [-0.3, -0.25) is 4.79 Å². The number of carbonyl (C=O) groups excluding carboxylic acids is 1. The minimum absolute atomic E-state index is 0.0856. The Morgan fingerprint density at radius 3 is 2.53 bits per heavy atom. The standard InChI is InChI=1S/C22H19FN4O3/c1-12-3-8-16(9-13(12)2)25-21(28)17-11-24-27-19(14-4-6-15(23)7-5-14)10-18(22(29)30)26-20(17)27/h3-11,19,26H,1-2H3,(H,25,28)(H,29,30)/t19-/m1/s1. The Morgan fingerprint density at radius 1 is 1.13 bits per heavy atom. The normalized spacial score (nSPS) is 15.0. The molecule has 4 rings (SSSR count). The van der Waals surface area contributed by atoms with Crippen molar-refractivity contribution in [3.8, 4) is 0 Å². The van der Waals surface area contributed by atoms with Crippen LogP contribution in [0.1, 0.15) is 33.1 Å². The Bertz CT molecular complexity index is 1180. The van der Waals surface area contributed by atoms with Crippen LogP contribution in [0.2, 0.25) is 0 Å². The number of carboxylic acid groups (broad SMARTS) is 1. The Balaban J connectivity index is 1.70. The molecule has 1 atom stereocenters. The van der Waals surface area contributed by atoms with Gasteiger partial charge >= 0.3 is 5.97 Å². The van der Waals surface area contributed by atoms with E-state index in [-0.39, 0.29) is 17.1 Å². The van der Waals surface area contributed by atoms with Crippen LogP contribution in [0.15, 0.2) is 60.4 Å². The van der Waals surface area contributed by atoms with Crippen molar-refractivity contribution in [2.45, 2.75) is 19.9 Å². The number of hydrogen-bond donors (Lipinski definition) is 3. The third kappa shape index (κ3) is 3.55. The first-order valence-electron chi connectivity index (χ1n) is 9.27. The third-order valence-electron chi connectivity index (χ3n) is 5.09. The molecule has 30 heavy (non-hydrogen) atoms. The van der Waals surface area contributed by atoms with Gasteiger partial charge in [0, 0.05) is 5.69 Å². The molecule has 8 heteroatoms. The summed E-state index contributed by atoms with van der Waals surface area (Å²) in [6.45, 7) is 3.93. The maximum absolute atomic E-state index is 13.3. The van der Waals surface area contributed by atoms with Crippen LogP contribution in [0.4, 0.5) is 15.9 Å². The number of carboxylic acids is 1. The van der Waals surface area contributed by atoms with Crippen LogP contribution in [0.25, 0.3) is 0 Å². The predicted octanol–water partition coefficient (Wildman–Crippen LogP) is 3.87. The molecule has 7 nitrogen and oxygen atoms in total. The van der Waals surface area contributed by atoms with Gasteiger partial charge in [0.2, 0.25) is 0 Å². The smallest absolute Gasteiger partial charge is 0.352 e. The molecule has 0 fully saturated rings. The highest BCUT2D eigenvalue weighted by atomic mass is 19.1. The second kappa shape index (κ2) is 7.47. The average molecular weight is 406 g/mol. The largest absolute Gasteiger partial charge is 0.477 e. The molecule has 1 aliphatic heterocycles. The fourth-order valence-corrected chi connectivity index (χ4v) is 3.30. The monoisotopic (exact) mass is 406 g/mol. The molecular formula is C22H19FN4O3. The topological polar surface area (TPSA) is 96.3 Å². The molecule has 0 radical (unpaired) electrons. The lowest BCUT2D eigenvalue weighted by Gasteiger charge is -2.24. The highest BCUT2D eigenvalue weighted by molar-refractivity contribution is 6.08. The molecule has 2 aromatic carbocycles. The van der Waals surface area contributed by atoms with Crippen LogP contribution in [0.5, 0.6) is 0 Å². The summed E-state index contributed by atoms with van der Waals surface area (Å²) in [6.07, 6.45) is 2.86. The average Bonchev–Trinajstić information content (AvgIpc) is 3.15. The SMILES string of the molecule is Cc1ccc(NC(=O)c2cnn3c2NC(C(=O)O)=C[C@@H]3c2ccc(F)cc2)cc1C. The van der Waals surface area contributed by atoms with E-state index in [1.54, 1.807) is 18.2 Å². The van der Waals surface area contributed by atoms with Gasteiger partial charge < -0.3 is 15.7 Å². The van der Waals surface area contributed by atoms with Crippen molar-refractivity contribution >= 4 is 23.4 Å². The van der Waals surface area contributed by atoms with E-state index in [0.717, 1.165) is 11.1 Å². The van der Waals surface area contributed by atoms with Crippen molar-refractivity contribution in [2.75, 3.05) is 10.6 Å². The summed E-state index contributed by atoms with van der Waals surface area (Å²) in [5.41, 5.74) is 3.53. The number of fused-ring (bicyclic) bond motifs is 1. The summed E-state index contributed by atoms with van der Waals surface area (Å²) < 4.78 is 14.8. The van der Waals surface area contributed by atoms with Crippen LogP contribution in [-0.2, 0) is 4.79 Å². The lowest BCUT2D eigenvalue weighted by Crippen LogP contribution is -2.25. The number of rotatable bonds is 4. The van der Waals surface area contributed by atoms with E-state index in [2.05, 4.69) is 15.7 Å². The van der Waals surface area contributed by atoms with Gasteiger partial charge in [0.25, 0.3) is 5.91 Å². The fourth-order valence-electron chi connectivity index (χ4n) is 3.30. The Labute approximate surface area is 171 Å². The van der Waals surface area contributed by atoms with E-state index in [0.29, 0.717) is 11.3 Å². The molecule has 0 bridgehead atoms. The molecule has 3 N–H and O–H groups in total.